The van der Waals surface area contributed by atoms with Crippen molar-refractivity contribution in [2.75, 3.05) is 7.11 Å². The number of aryl methyl sites for hydroxylation is 1. The summed E-state index contributed by atoms with van der Waals surface area (Å²) in [5.41, 5.74) is 1.18. The van der Waals surface area contributed by atoms with Crippen LogP contribution in [-0.2, 0) is 6.54 Å². The molecule has 0 aliphatic carbocycles. The van der Waals surface area contributed by atoms with Crippen molar-refractivity contribution in [3.05, 3.63) is 46.1 Å². The number of hydrogen-bond donors (Lipinski definition) is 1. The van der Waals surface area contributed by atoms with Crippen molar-refractivity contribution in [1.82, 2.24) is 10.3 Å². The third-order valence-corrected chi connectivity index (χ3v) is 3.52. The van der Waals surface area contributed by atoms with Crippen LogP contribution in [0, 0.1) is 6.92 Å². The quantitative estimate of drug-likeness (QED) is 0.912. The number of oxazole rings is 1. The van der Waals surface area contributed by atoms with Gasteiger partial charge in [-0.05, 0) is 47.5 Å². The second-order valence-electron chi connectivity index (χ2n) is 4.36. The Morgan fingerprint density at radius 1 is 1.47 bits per heavy atom. The van der Waals surface area contributed by atoms with Gasteiger partial charge in [0.1, 0.15) is 11.5 Å². The summed E-state index contributed by atoms with van der Waals surface area (Å²) >= 11 is 3.49. The maximum absolute atomic E-state index is 5.43. The molecule has 0 amide bonds. The largest absolute Gasteiger partial charge is 0.496 e. The highest BCUT2D eigenvalue weighted by atomic mass is 79.9. The number of ether oxygens (including phenoxy) is 1. The van der Waals surface area contributed by atoms with E-state index in [9.17, 15) is 0 Å². The molecule has 1 N–H and O–H groups in total. The highest BCUT2D eigenvalue weighted by Crippen LogP contribution is 2.28. The van der Waals surface area contributed by atoms with Crippen LogP contribution >= 0.6 is 15.9 Å². The van der Waals surface area contributed by atoms with Crippen molar-refractivity contribution in [2.45, 2.75) is 26.4 Å². The van der Waals surface area contributed by atoms with Gasteiger partial charge in [0.25, 0.3) is 0 Å². The molecular weight excluding hydrogens is 308 g/mol. The summed E-state index contributed by atoms with van der Waals surface area (Å²) in [6.07, 6.45) is 1.73. The number of nitrogens with one attached hydrogen (secondary N) is 1. The molecule has 19 heavy (non-hydrogen) atoms. The van der Waals surface area contributed by atoms with Crippen LogP contribution < -0.4 is 10.1 Å². The Kier molecular flexibility index (Phi) is 4.61. The van der Waals surface area contributed by atoms with Crippen molar-refractivity contribution in [3.8, 4) is 5.75 Å². The molecule has 1 unspecified atom stereocenters. The van der Waals surface area contributed by atoms with E-state index in [2.05, 4.69) is 39.2 Å². The number of nitrogens with zero attached hydrogens (tertiary/aromatic N) is 1. The predicted molar refractivity (Wildman–Crippen MR) is 77.2 cm³/mol. The molecular formula is C14H17BrN2O2. The van der Waals surface area contributed by atoms with Gasteiger partial charge in [0.05, 0.1) is 24.3 Å². The van der Waals surface area contributed by atoms with E-state index in [1.165, 1.54) is 5.56 Å². The van der Waals surface area contributed by atoms with Gasteiger partial charge in [0.2, 0.25) is 5.89 Å². The zero-order valence-electron chi connectivity index (χ0n) is 11.2. The van der Waals surface area contributed by atoms with Gasteiger partial charge in [0, 0.05) is 6.04 Å². The summed E-state index contributed by atoms with van der Waals surface area (Å²) in [6.45, 7) is 4.60. The van der Waals surface area contributed by atoms with Crippen LogP contribution in [0.4, 0.5) is 0 Å². The summed E-state index contributed by atoms with van der Waals surface area (Å²) < 4.78 is 11.6. The highest BCUT2D eigenvalue weighted by Gasteiger charge is 2.09. The Morgan fingerprint density at radius 3 is 2.84 bits per heavy atom. The SMILES string of the molecule is COc1ccc(C(C)NCc2ncc(C)o2)cc1Br. The summed E-state index contributed by atoms with van der Waals surface area (Å²) in [5.74, 6) is 2.37. The fourth-order valence-electron chi connectivity index (χ4n) is 1.79. The monoisotopic (exact) mass is 324 g/mol. The number of hydrogen-bond acceptors (Lipinski definition) is 4. The van der Waals surface area contributed by atoms with Crippen LogP contribution in [0.2, 0.25) is 0 Å². The average Bonchev–Trinajstić information content (AvgIpc) is 2.81. The lowest BCUT2D eigenvalue weighted by molar-refractivity contribution is 0.411. The molecule has 2 rings (SSSR count). The summed E-state index contributed by atoms with van der Waals surface area (Å²) in [6, 6.07) is 6.25. The molecule has 0 saturated carbocycles. The number of benzene rings is 1. The van der Waals surface area contributed by atoms with Gasteiger partial charge >= 0.3 is 0 Å². The van der Waals surface area contributed by atoms with Gasteiger partial charge < -0.3 is 14.5 Å². The van der Waals surface area contributed by atoms with Crippen molar-refractivity contribution in [2.24, 2.45) is 0 Å². The Hall–Kier alpha value is -1.33. The summed E-state index contributed by atoms with van der Waals surface area (Å²) in [7, 11) is 1.66. The van der Waals surface area contributed by atoms with Crippen molar-refractivity contribution in [1.29, 1.82) is 0 Å². The Labute approximate surface area is 121 Å². The van der Waals surface area contributed by atoms with Crippen LogP contribution in [0.25, 0.3) is 0 Å². The minimum atomic E-state index is 0.203. The standard InChI is InChI=1S/C14H17BrN2O2/c1-9-7-17-14(19-9)8-16-10(2)11-4-5-13(18-3)12(15)6-11/h4-7,10,16H,8H2,1-3H3. The van der Waals surface area contributed by atoms with Crippen LogP contribution in [0.5, 0.6) is 5.75 Å². The fraction of sp³-hybridized carbons (Fsp3) is 0.357. The second kappa shape index (κ2) is 6.21. The van der Waals surface area contributed by atoms with E-state index in [1.54, 1.807) is 13.3 Å². The maximum atomic E-state index is 5.43. The molecule has 5 heteroatoms. The number of rotatable bonds is 5. The maximum Gasteiger partial charge on any atom is 0.208 e. The van der Waals surface area contributed by atoms with Crippen LogP contribution in [0.1, 0.15) is 30.2 Å². The second-order valence-corrected chi connectivity index (χ2v) is 5.22. The third-order valence-electron chi connectivity index (χ3n) is 2.90. The smallest absolute Gasteiger partial charge is 0.208 e. The fourth-order valence-corrected chi connectivity index (χ4v) is 2.35. The molecule has 0 fully saturated rings. The molecule has 0 bridgehead atoms. The van der Waals surface area contributed by atoms with E-state index in [0.29, 0.717) is 12.4 Å². The number of methoxy groups -OCH3 is 1. The van der Waals surface area contributed by atoms with Crippen LogP contribution in [0.3, 0.4) is 0 Å². The molecule has 2 aromatic rings. The average molecular weight is 325 g/mol. The van der Waals surface area contributed by atoms with E-state index >= 15 is 0 Å². The topological polar surface area (TPSA) is 47.3 Å². The molecule has 0 saturated heterocycles. The van der Waals surface area contributed by atoms with Gasteiger partial charge in [-0.1, -0.05) is 6.07 Å². The van der Waals surface area contributed by atoms with Gasteiger partial charge in [-0.3, -0.25) is 0 Å². The third kappa shape index (κ3) is 3.58. The Bertz CT molecular complexity index is 554. The van der Waals surface area contributed by atoms with E-state index < -0.39 is 0 Å². The molecule has 4 nitrogen and oxygen atoms in total. The minimum Gasteiger partial charge on any atom is -0.496 e. The molecule has 1 aromatic carbocycles. The zero-order chi connectivity index (χ0) is 13.8. The lowest BCUT2D eigenvalue weighted by atomic mass is 10.1. The first kappa shape index (κ1) is 14.1. The van der Waals surface area contributed by atoms with E-state index in [-0.39, 0.29) is 6.04 Å². The van der Waals surface area contributed by atoms with Gasteiger partial charge in [-0.15, -0.1) is 0 Å². The number of aromatic nitrogens is 1. The zero-order valence-corrected chi connectivity index (χ0v) is 12.8. The lowest BCUT2D eigenvalue weighted by Crippen LogP contribution is -2.18. The minimum absolute atomic E-state index is 0.203. The normalized spacial score (nSPS) is 12.4. The summed E-state index contributed by atoms with van der Waals surface area (Å²) in [5, 5.41) is 3.38. The van der Waals surface area contributed by atoms with Crippen LogP contribution in [0.15, 0.2) is 33.3 Å². The predicted octanol–water partition coefficient (Wildman–Crippen LogP) is 3.60. The highest BCUT2D eigenvalue weighted by molar-refractivity contribution is 9.10. The Morgan fingerprint density at radius 2 is 2.26 bits per heavy atom. The molecule has 1 aromatic heterocycles. The van der Waals surface area contributed by atoms with Crippen molar-refractivity contribution < 1.29 is 9.15 Å². The molecule has 1 heterocycles. The van der Waals surface area contributed by atoms with Gasteiger partial charge in [0.15, 0.2) is 0 Å². The molecule has 102 valence electrons. The Balaban J connectivity index is 1.99. The molecule has 1 atom stereocenters. The van der Waals surface area contributed by atoms with Crippen molar-refractivity contribution in [3.63, 3.8) is 0 Å². The first-order valence-electron chi connectivity index (χ1n) is 6.08. The van der Waals surface area contributed by atoms with E-state index in [0.717, 1.165) is 16.0 Å². The summed E-state index contributed by atoms with van der Waals surface area (Å²) in [4.78, 5) is 4.17. The van der Waals surface area contributed by atoms with Gasteiger partial charge in [-0.2, -0.15) is 0 Å². The molecule has 0 aliphatic heterocycles. The van der Waals surface area contributed by atoms with E-state index in [4.69, 9.17) is 9.15 Å². The van der Waals surface area contributed by atoms with E-state index in [1.807, 2.05) is 19.1 Å². The number of halogens is 1. The molecule has 0 spiro atoms. The molecule has 0 radical (unpaired) electrons. The van der Waals surface area contributed by atoms with Crippen LogP contribution in [-0.4, -0.2) is 12.1 Å². The first-order chi connectivity index (χ1) is 9.10. The van der Waals surface area contributed by atoms with Gasteiger partial charge in [-0.25, -0.2) is 4.98 Å². The first-order valence-corrected chi connectivity index (χ1v) is 6.87. The van der Waals surface area contributed by atoms with Crippen molar-refractivity contribution >= 4 is 15.9 Å². The molecule has 0 aliphatic rings. The lowest BCUT2D eigenvalue weighted by Gasteiger charge is -2.14.